The lowest BCUT2D eigenvalue weighted by molar-refractivity contribution is 0.0532. The van der Waals surface area contributed by atoms with Gasteiger partial charge in [-0.3, -0.25) is 0 Å². The first kappa shape index (κ1) is 26.6. The van der Waals surface area contributed by atoms with Crippen LogP contribution in [0.15, 0.2) is 11.6 Å². The number of allylic oxidation sites excluding steroid dienone is 2. The second-order valence-corrected chi connectivity index (χ2v) is 9.98. The third-order valence-corrected chi connectivity index (χ3v) is 6.35. The zero-order valence-corrected chi connectivity index (χ0v) is 22.0. The molecule has 0 aromatic heterocycles. The average molecular weight is 545 g/mol. The topological polar surface area (TPSA) is 68.5 Å². The van der Waals surface area contributed by atoms with Gasteiger partial charge in [0.2, 0.25) is 0 Å². The van der Waals surface area contributed by atoms with Crippen LogP contribution < -0.4 is 9.47 Å². The van der Waals surface area contributed by atoms with Crippen molar-refractivity contribution in [2.45, 2.75) is 61.0 Å². The van der Waals surface area contributed by atoms with Gasteiger partial charge in [-0.25, -0.2) is 4.79 Å². The number of ether oxygens (including phenoxy) is 3. The zero-order chi connectivity index (χ0) is 22.9. The quantitative estimate of drug-likeness (QED) is 0.151. The number of carbonyl (C=O) groups excluding carboxylic acids is 1. The van der Waals surface area contributed by atoms with Crippen molar-refractivity contribution in [1.82, 2.24) is 0 Å². The third kappa shape index (κ3) is 6.55. The molecule has 0 bridgehead atoms. The van der Waals surface area contributed by atoms with Crippen molar-refractivity contribution in [2.24, 2.45) is 5.41 Å². The van der Waals surface area contributed by atoms with Gasteiger partial charge < -0.3 is 14.2 Å². The van der Waals surface area contributed by atoms with Crippen LogP contribution in [-0.4, -0.2) is 25.4 Å². The van der Waals surface area contributed by atoms with E-state index in [1.165, 1.54) is 0 Å². The van der Waals surface area contributed by atoms with E-state index in [9.17, 15) is 10.1 Å². The fourth-order valence-corrected chi connectivity index (χ4v) is 4.12. The minimum atomic E-state index is -0.417. The van der Waals surface area contributed by atoms with Crippen molar-refractivity contribution in [1.29, 1.82) is 5.26 Å². The normalized spacial score (nSPS) is 13.0. The van der Waals surface area contributed by atoms with Crippen LogP contribution in [0.4, 0.5) is 0 Å². The van der Waals surface area contributed by atoms with E-state index in [1.54, 1.807) is 16.0 Å². The van der Waals surface area contributed by atoms with Gasteiger partial charge in [0.05, 0.1) is 25.2 Å². The SMILES string of the molecule is CC.COc1c(C)c2c(c(OCCSI)c1C/C=C(\C)CC(C)(C)C#N)C(=O)OC2. The molecule has 30 heavy (non-hydrogen) atoms. The smallest absolute Gasteiger partial charge is 0.342 e. The van der Waals surface area contributed by atoms with E-state index in [2.05, 4.69) is 33.4 Å². The van der Waals surface area contributed by atoms with Gasteiger partial charge in [-0.05, 0) is 67.3 Å². The summed E-state index contributed by atoms with van der Waals surface area (Å²) >= 11 is 2.23. The number of methoxy groups -OCH3 is 1. The number of carbonyl (C=O) groups is 1. The van der Waals surface area contributed by atoms with Gasteiger partial charge in [-0.2, -0.15) is 5.26 Å². The Morgan fingerprint density at radius 3 is 2.60 bits per heavy atom. The first-order valence-electron chi connectivity index (χ1n) is 10.1. The number of esters is 1. The van der Waals surface area contributed by atoms with Crippen molar-refractivity contribution in [2.75, 3.05) is 19.5 Å². The van der Waals surface area contributed by atoms with Crippen molar-refractivity contribution in [3.63, 3.8) is 0 Å². The summed E-state index contributed by atoms with van der Waals surface area (Å²) in [6.07, 6.45) is 3.33. The standard InChI is InChI=1S/C21H26INO4S.C2H6/c1-13(10-21(3,4)12-23)6-7-15-18(25-5)14(2)16-11-27-20(24)17(16)19(15)26-8-9-28-22;1-2/h6H,7-11H2,1-5H3;1-2H3/b13-6+;. The third-order valence-electron chi connectivity index (χ3n) is 4.71. The fraction of sp³-hybridized carbons (Fsp3) is 0.565. The maximum Gasteiger partial charge on any atom is 0.342 e. The van der Waals surface area contributed by atoms with Crippen LogP contribution in [0, 0.1) is 23.7 Å². The van der Waals surface area contributed by atoms with Crippen LogP contribution in [0.5, 0.6) is 11.5 Å². The minimum absolute atomic E-state index is 0.249. The van der Waals surface area contributed by atoms with Crippen LogP contribution in [0.25, 0.3) is 0 Å². The van der Waals surface area contributed by atoms with Gasteiger partial charge in [0.15, 0.2) is 0 Å². The van der Waals surface area contributed by atoms with E-state index >= 15 is 0 Å². The first-order chi connectivity index (χ1) is 14.3. The van der Waals surface area contributed by atoms with E-state index in [0.717, 1.165) is 33.8 Å². The lowest BCUT2D eigenvalue weighted by Crippen LogP contribution is -2.11. The number of rotatable bonds is 9. The molecular formula is C23H32INO4S. The molecule has 2 rings (SSSR count). The summed E-state index contributed by atoms with van der Waals surface area (Å²) in [7, 11) is 3.29. The lowest BCUT2D eigenvalue weighted by atomic mass is 9.87. The monoisotopic (exact) mass is 545 g/mol. The fourth-order valence-electron chi connectivity index (χ4n) is 3.43. The number of nitriles is 1. The van der Waals surface area contributed by atoms with Crippen LogP contribution in [0.1, 0.15) is 68.1 Å². The van der Waals surface area contributed by atoms with Crippen molar-refractivity contribution in [3.8, 4) is 17.6 Å². The molecule has 1 aromatic carbocycles. The largest absolute Gasteiger partial charge is 0.496 e. The molecule has 5 nitrogen and oxygen atoms in total. The molecule has 1 heterocycles. The van der Waals surface area contributed by atoms with Crippen LogP contribution >= 0.6 is 30.1 Å². The highest BCUT2D eigenvalue weighted by Crippen LogP contribution is 2.43. The molecule has 0 amide bonds. The Morgan fingerprint density at radius 2 is 2.03 bits per heavy atom. The molecule has 1 aliphatic rings. The van der Waals surface area contributed by atoms with E-state index < -0.39 is 5.41 Å². The molecule has 7 heteroatoms. The Labute approximate surface area is 197 Å². The van der Waals surface area contributed by atoms with Crippen LogP contribution in [0.3, 0.4) is 0 Å². The Bertz CT molecular complexity index is 828. The number of halogens is 1. The van der Waals surface area contributed by atoms with Gasteiger partial charge in [-0.1, -0.05) is 34.4 Å². The molecule has 0 N–H and O–H groups in total. The predicted molar refractivity (Wildman–Crippen MR) is 132 cm³/mol. The van der Waals surface area contributed by atoms with Gasteiger partial charge in [-0.15, -0.1) is 0 Å². The van der Waals surface area contributed by atoms with E-state index in [0.29, 0.717) is 30.8 Å². The Hall–Kier alpha value is -1.40. The first-order valence-corrected chi connectivity index (χ1v) is 13.6. The summed E-state index contributed by atoms with van der Waals surface area (Å²) in [5.41, 5.74) is 3.83. The highest BCUT2D eigenvalue weighted by molar-refractivity contribution is 14.2. The summed E-state index contributed by atoms with van der Waals surface area (Å²) in [6.45, 7) is 12.6. The molecule has 0 atom stereocenters. The molecule has 0 radical (unpaired) electrons. The van der Waals surface area contributed by atoms with Crippen molar-refractivity contribution >= 4 is 36.1 Å². The summed E-state index contributed by atoms with van der Waals surface area (Å²) in [6, 6.07) is 2.33. The van der Waals surface area contributed by atoms with E-state index in [4.69, 9.17) is 14.2 Å². The van der Waals surface area contributed by atoms with E-state index in [1.807, 2.05) is 41.5 Å². The summed E-state index contributed by atoms with van der Waals surface area (Å²) in [5, 5.41) is 9.28. The number of nitrogens with zero attached hydrogens (tertiary/aromatic N) is 1. The number of cyclic esters (lactones) is 1. The second kappa shape index (κ2) is 12.5. The van der Waals surface area contributed by atoms with Crippen LogP contribution in [0.2, 0.25) is 0 Å². The summed E-state index contributed by atoms with van der Waals surface area (Å²) < 4.78 is 17.0. The molecule has 166 valence electrons. The van der Waals surface area contributed by atoms with Gasteiger partial charge in [0.25, 0.3) is 0 Å². The van der Waals surface area contributed by atoms with Gasteiger partial charge >= 0.3 is 5.97 Å². The number of fused-ring (bicyclic) bond motifs is 1. The Balaban J connectivity index is 0.00000218. The molecule has 0 unspecified atom stereocenters. The van der Waals surface area contributed by atoms with Crippen molar-refractivity contribution < 1.29 is 19.0 Å². The molecule has 0 saturated heterocycles. The molecule has 0 saturated carbocycles. The summed E-state index contributed by atoms with van der Waals surface area (Å²) in [5.74, 6) is 1.77. The van der Waals surface area contributed by atoms with Gasteiger partial charge in [0.1, 0.15) is 23.7 Å². The van der Waals surface area contributed by atoms with E-state index in [-0.39, 0.29) is 12.6 Å². The van der Waals surface area contributed by atoms with Crippen molar-refractivity contribution in [3.05, 3.63) is 33.9 Å². The highest BCUT2D eigenvalue weighted by Gasteiger charge is 2.33. The Kier molecular flexibility index (Phi) is 11.1. The maximum absolute atomic E-state index is 12.4. The number of benzene rings is 1. The Morgan fingerprint density at radius 1 is 1.37 bits per heavy atom. The number of hydrogen-bond donors (Lipinski definition) is 0. The summed E-state index contributed by atoms with van der Waals surface area (Å²) in [4.78, 5) is 12.4. The average Bonchev–Trinajstić information content (AvgIpc) is 3.11. The molecule has 0 aliphatic carbocycles. The molecule has 1 aliphatic heterocycles. The molecule has 1 aromatic rings. The van der Waals surface area contributed by atoms with Gasteiger partial charge in [0, 0.05) is 16.9 Å². The molecule has 0 fully saturated rings. The molecular weight excluding hydrogens is 513 g/mol. The maximum atomic E-state index is 12.4. The lowest BCUT2D eigenvalue weighted by Gasteiger charge is -2.20. The minimum Gasteiger partial charge on any atom is -0.496 e. The highest BCUT2D eigenvalue weighted by atomic mass is 127. The second-order valence-electron chi connectivity index (χ2n) is 7.48. The number of hydrogen-bond acceptors (Lipinski definition) is 6. The van der Waals surface area contributed by atoms with Crippen LogP contribution in [-0.2, 0) is 17.8 Å². The molecule has 0 spiro atoms. The zero-order valence-electron chi connectivity index (χ0n) is 19.0. The predicted octanol–water partition coefficient (Wildman–Crippen LogP) is 6.59.